The molecule has 2 aliphatic rings. The molecule has 0 aromatic rings. The number of aliphatic hydroxyl groups excluding tert-OH is 8. The zero-order valence-corrected chi connectivity index (χ0v) is 11.9. The highest BCUT2D eigenvalue weighted by Gasteiger charge is 2.39. The minimum Gasteiger partial charge on any atom is -0.505 e. The van der Waals surface area contributed by atoms with E-state index in [9.17, 15) is 9.59 Å². The van der Waals surface area contributed by atoms with Crippen LogP contribution >= 0.6 is 0 Å². The van der Waals surface area contributed by atoms with Gasteiger partial charge in [0.05, 0.1) is 13.2 Å². The molecule has 0 aromatic heterocycles. The maximum Gasteiger partial charge on any atom is 0.377 e. The van der Waals surface area contributed by atoms with Crippen molar-refractivity contribution in [2.75, 3.05) is 13.2 Å². The second kappa shape index (κ2) is 7.83. The number of ether oxygens (including phenoxy) is 2. The van der Waals surface area contributed by atoms with Crippen molar-refractivity contribution in [3.8, 4) is 0 Å². The Morgan fingerprint density at radius 2 is 1.04 bits per heavy atom. The fourth-order valence-corrected chi connectivity index (χ4v) is 1.65. The Bertz CT molecular complexity index is 514. The molecule has 12 nitrogen and oxygen atoms in total. The molecule has 0 amide bonds. The van der Waals surface area contributed by atoms with Gasteiger partial charge in [0.15, 0.2) is 23.7 Å². The fourth-order valence-electron chi connectivity index (χ4n) is 1.65. The molecular weight excluding hydrogens is 336 g/mol. The van der Waals surface area contributed by atoms with Crippen LogP contribution in [-0.2, 0) is 19.1 Å². The van der Waals surface area contributed by atoms with Crippen LogP contribution in [0.25, 0.3) is 0 Å². The van der Waals surface area contributed by atoms with E-state index in [4.69, 9.17) is 40.9 Å². The Kier molecular flexibility index (Phi) is 6.36. The second-order valence-corrected chi connectivity index (χ2v) is 4.62. The lowest BCUT2D eigenvalue weighted by molar-refractivity contribution is -0.148. The molecule has 0 saturated heterocycles. The molecule has 4 atom stereocenters. The number of carbonyl (C=O) groups is 2. The summed E-state index contributed by atoms with van der Waals surface area (Å²) in [4.78, 5) is 21.1. The molecule has 2 heterocycles. The van der Waals surface area contributed by atoms with Crippen molar-refractivity contribution >= 4 is 11.9 Å². The SMILES string of the molecule is O=C1OC(C(O)CO)C(O)=C1O.O=C1O[C@H]([C@@H](O)CO)C(O)=C1O. The summed E-state index contributed by atoms with van der Waals surface area (Å²) < 4.78 is 8.63. The van der Waals surface area contributed by atoms with Crippen molar-refractivity contribution in [2.24, 2.45) is 0 Å². The van der Waals surface area contributed by atoms with Crippen LogP contribution in [0.5, 0.6) is 0 Å². The Hall–Kier alpha value is -2.54. The van der Waals surface area contributed by atoms with E-state index in [-0.39, 0.29) is 0 Å². The van der Waals surface area contributed by atoms with Gasteiger partial charge in [0, 0.05) is 0 Å². The predicted molar refractivity (Wildman–Crippen MR) is 70.5 cm³/mol. The van der Waals surface area contributed by atoms with E-state index >= 15 is 0 Å². The summed E-state index contributed by atoms with van der Waals surface area (Å²) in [6, 6.07) is 0. The highest BCUT2D eigenvalue weighted by Crippen LogP contribution is 2.21. The molecule has 0 aliphatic carbocycles. The monoisotopic (exact) mass is 352 g/mol. The van der Waals surface area contributed by atoms with E-state index < -0.39 is 72.6 Å². The van der Waals surface area contributed by atoms with Gasteiger partial charge in [-0.25, -0.2) is 9.59 Å². The minimum atomic E-state index is -1.42. The molecule has 2 rings (SSSR count). The Labute approximate surface area is 133 Å². The van der Waals surface area contributed by atoms with Crippen LogP contribution in [-0.4, -0.2) is 90.4 Å². The largest absolute Gasteiger partial charge is 0.505 e. The summed E-state index contributed by atoms with van der Waals surface area (Å²) in [6.45, 7) is -1.34. The van der Waals surface area contributed by atoms with Crippen LogP contribution in [0.3, 0.4) is 0 Å². The summed E-state index contributed by atoms with van der Waals surface area (Å²) in [5.41, 5.74) is 0. The van der Waals surface area contributed by atoms with Crippen molar-refractivity contribution in [1.82, 2.24) is 0 Å². The van der Waals surface area contributed by atoms with Gasteiger partial charge >= 0.3 is 11.9 Å². The van der Waals surface area contributed by atoms with Crippen LogP contribution in [0, 0.1) is 0 Å². The maximum atomic E-state index is 10.5. The minimum absolute atomic E-state index is 0.671. The van der Waals surface area contributed by atoms with Crippen LogP contribution < -0.4 is 0 Å². The average molecular weight is 352 g/mol. The van der Waals surface area contributed by atoms with Crippen LogP contribution in [0.1, 0.15) is 0 Å². The van der Waals surface area contributed by atoms with Gasteiger partial charge < -0.3 is 50.3 Å². The fraction of sp³-hybridized carbons (Fsp3) is 0.500. The zero-order valence-electron chi connectivity index (χ0n) is 11.9. The number of hydrogen-bond donors (Lipinski definition) is 8. The number of hydrogen-bond acceptors (Lipinski definition) is 12. The average Bonchev–Trinajstić information content (AvgIpc) is 2.98. The van der Waals surface area contributed by atoms with E-state index in [0.29, 0.717) is 0 Å². The third-order valence-corrected chi connectivity index (χ3v) is 2.95. The topological polar surface area (TPSA) is 214 Å². The molecule has 0 spiro atoms. The molecule has 0 aromatic carbocycles. The third-order valence-electron chi connectivity index (χ3n) is 2.95. The van der Waals surface area contributed by atoms with Crippen LogP contribution in [0.15, 0.2) is 23.0 Å². The molecule has 0 radical (unpaired) electrons. The van der Waals surface area contributed by atoms with Crippen molar-refractivity contribution in [3.05, 3.63) is 23.0 Å². The summed E-state index contributed by atoms with van der Waals surface area (Å²) in [5, 5.41) is 70.1. The second-order valence-electron chi connectivity index (χ2n) is 4.62. The van der Waals surface area contributed by atoms with Gasteiger partial charge in [0.2, 0.25) is 11.5 Å². The standard InChI is InChI=1S/2C6H8O6/c2*7-1-2(8)5-3(9)4(10)6(11)12-5/h2*2,5,7-10H,1H2/t2-,5+;/m0./s1. The third kappa shape index (κ3) is 3.86. The molecule has 12 heteroatoms. The molecule has 136 valence electrons. The molecule has 8 N–H and O–H groups in total. The van der Waals surface area contributed by atoms with Gasteiger partial charge in [0.1, 0.15) is 12.2 Å². The number of esters is 2. The van der Waals surface area contributed by atoms with Crippen LogP contribution in [0.2, 0.25) is 0 Å². The van der Waals surface area contributed by atoms with Gasteiger partial charge in [-0.15, -0.1) is 0 Å². The number of carbonyl (C=O) groups excluding carboxylic acids is 2. The van der Waals surface area contributed by atoms with E-state index in [2.05, 4.69) is 9.47 Å². The van der Waals surface area contributed by atoms with E-state index in [1.807, 2.05) is 0 Å². The lowest BCUT2D eigenvalue weighted by Crippen LogP contribution is -2.31. The van der Waals surface area contributed by atoms with Crippen LogP contribution in [0.4, 0.5) is 0 Å². The number of cyclic esters (lactones) is 2. The molecule has 0 fully saturated rings. The highest BCUT2D eigenvalue weighted by atomic mass is 16.6. The lowest BCUT2D eigenvalue weighted by atomic mass is 10.2. The van der Waals surface area contributed by atoms with Gasteiger partial charge in [-0.2, -0.15) is 0 Å². The molecule has 24 heavy (non-hydrogen) atoms. The van der Waals surface area contributed by atoms with Gasteiger partial charge in [-0.1, -0.05) is 0 Å². The lowest BCUT2D eigenvalue weighted by Gasteiger charge is -2.13. The van der Waals surface area contributed by atoms with Crippen molar-refractivity contribution in [2.45, 2.75) is 24.4 Å². The first-order valence-corrected chi connectivity index (χ1v) is 6.39. The smallest absolute Gasteiger partial charge is 0.377 e. The zero-order chi connectivity index (χ0) is 18.6. The Morgan fingerprint density at radius 3 is 1.21 bits per heavy atom. The number of aliphatic hydroxyl groups is 8. The van der Waals surface area contributed by atoms with E-state index in [1.165, 1.54) is 0 Å². The molecule has 2 aliphatic heterocycles. The van der Waals surface area contributed by atoms with Gasteiger partial charge in [-0.3, -0.25) is 0 Å². The van der Waals surface area contributed by atoms with Crippen molar-refractivity contribution in [1.29, 1.82) is 0 Å². The van der Waals surface area contributed by atoms with Gasteiger partial charge in [0.25, 0.3) is 0 Å². The van der Waals surface area contributed by atoms with Crippen molar-refractivity contribution in [3.63, 3.8) is 0 Å². The van der Waals surface area contributed by atoms with Gasteiger partial charge in [-0.05, 0) is 0 Å². The summed E-state index contributed by atoms with van der Waals surface area (Å²) in [5.74, 6) is -5.56. The quantitative estimate of drug-likeness (QED) is 0.241. The summed E-state index contributed by atoms with van der Waals surface area (Å²) >= 11 is 0. The maximum absolute atomic E-state index is 10.5. The van der Waals surface area contributed by atoms with E-state index in [0.717, 1.165) is 0 Å². The first-order chi connectivity index (χ1) is 11.1. The summed E-state index contributed by atoms with van der Waals surface area (Å²) in [7, 11) is 0. The molecule has 0 saturated carbocycles. The molecular formula is C12H16O12. The number of rotatable bonds is 4. The Balaban J connectivity index is 0.000000240. The summed E-state index contributed by atoms with van der Waals surface area (Å²) in [6.07, 6.45) is -5.55. The Morgan fingerprint density at radius 1 is 0.750 bits per heavy atom. The molecule has 0 bridgehead atoms. The first-order valence-electron chi connectivity index (χ1n) is 6.39. The molecule has 2 unspecified atom stereocenters. The normalized spacial score (nSPS) is 25.8. The predicted octanol–water partition coefficient (Wildman–Crippen LogP) is -2.81. The van der Waals surface area contributed by atoms with Crippen molar-refractivity contribution < 1.29 is 59.9 Å². The first kappa shape index (κ1) is 19.5. The van der Waals surface area contributed by atoms with E-state index in [1.54, 1.807) is 0 Å². The highest BCUT2D eigenvalue weighted by molar-refractivity contribution is 5.89.